The van der Waals surface area contributed by atoms with Crippen LogP contribution in [-0.4, -0.2) is 17.6 Å². The highest BCUT2D eigenvalue weighted by atomic mass is 35.5. The fourth-order valence-electron chi connectivity index (χ4n) is 2.44. The maximum Gasteiger partial charge on any atom is 0.257 e. The Labute approximate surface area is 127 Å². The number of phenols is 1. The number of carbonyl (C=O) groups is 1. The van der Waals surface area contributed by atoms with Crippen molar-refractivity contribution in [2.75, 3.05) is 11.9 Å². The van der Waals surface area contributed by atoms with Gasteiger partial charge in [0, 0.05) is 12.2 Å². The minimum Gasteiger partial charge on any atom is -0.508 e. The fourth-order valence-corrected chi connectivity index (χ4v) is 2.65. The Kier molecular flexibility index (Phi) is 3.82. The van der Waals surface area contributed by atoms with Crippen molar-refractivity contribution in [1.82, 2.24) is 5.32 Å². The lowest BCUT2D eigenvalue weighted by molar-refractivity contribution is 0.102. The molecule has 0 fully saturated rings. The Hall–Kier alpha value is -2.04. The zero-order chi connectivity index (χ0) is 14.8. The fraction of sp³-hybridized carbons (Fsp3) is 0.188. The van der Waals surface area contributed by atoms with Gasteiger partial charge in [-0.2, -0.15) is 0 Å². The topological polar surface area (TPSA) is 61.4 Å². The third-order valence-corrected chi connectivity index (χ3v) is 3.87. The Morgan fingerprint density at radius 1 is 1.19 bits per heavy atom. The van der Waals surface area contributed by atoms with Gasteiger partial charge in [0.2, 0.25) is 0 Å². The van der Waals surface area contributed by atoms with Crippen LogP contribution in [0.3, 0.4) is 0 Å². The van der Waals surface area contributed by atoms with Crippen molar-refractivity contribution in [3.05, 3.63) is 58.1 Å². The number of fused-ring (bicyclic) bond motifs is 1. The molecule has 0 radical (unpaired) electrons. The van der Waals surface area contributed by atoms with Gasteiger partial charge in [0.05, 0.1) is 10.6 Å². The number of phenolic OH excluding ortho intramolecular Hbond substituents is 1. The van der Waals surface area contributed by atoms with E-state index in [-0.39, 0.29) is 17.2 Å². The van der Waals surface area contributed by atoms with Crippen LogP contribution >= 0.6 is 11.6 Å². The molecule has 3 rings (SSSR count). The van der Waals surface area contributed by atoms with Gasteiger partial charge in [-0.15, -0.1) is 0 Å². The molecular formula is C16H15ClN2O2. The maximum absolute atomic E-state index is 12.2. The Morgan fingerprint density at radius 2 is 2.05 bits per heavy atom. The third kappa shape index (κ3) is 3.01. The van der Waals surface area contributed by atoms with Crippen molar-refractivity contribution in [2.45, 2.75) is 13.0 Å². The van der Waals surface area contributed by atoms with Crippen LogP contribution in [0.15, 0.2) is 36.4 Å². The molecule has 0 bridgehead atoms. The van der Waals surface area contributed by atoms with Gasteiger partial charge < -0.3 is 15.7 Å². The van der Waals surface area contributed by atoms with Crippen LogP contribution in [0, 0.1) is 0 Å². The predicted octanol–water partition coefficient (Wildman–Crippen LogP) is 2.94. The van der Waals surface area contributed by atoms with Gasteiger partial charge in [0.25, 0.3) is 5.91 Å². The van der Waals surface area contributed by atoms with Crippen LogP contribution in [0.1, 0.15) is 21.5 Å². The van der Waals surface area contributed by atoms with E-state index < -0.39 is 0 Å². The lowest BCUT2D eigenvalue weighted by atomic mass is 10.0. The molecule has 5 heteroatoms. The normalized spacial score (nSPS) is 13.6. The number of nitrogens with one attached hydrogen (secondary N) is 2. The summed E-state index contributed by atoms with van der Waals surface area (Å²) in [4.78, 5) is 12.2. The van der Waals surface area contributed by atoms with Gasteiger partial charge in [-0.05, 0) is 54.4 Å². The van der Waals surface area contributed by atoms with Crippen molar-refractivity contribution in [3.8, 4) is 5.75 Å². The molecule has 0 unspecified atom stereocenters. The monoisotopic (exact) mass is 302 g/mol. The molecule has 1 amide bonds. The molecule has 0 aromatic heterocycles. The molecule has 1 aliphatic rings. The molecule has 2 aromatic carbocycles. The van der Waals surface area contributed by atoms with E-state index in [0.29, 0.717) is 5.02 Å². The summed E-state index contributed by atoms with van der Waals surface area (Å²) in [6.45, 7) is 1.80. The van der Waals surface area contributed by atoms with Crippen molar-refractivity contribution in [2.24, 2.45) is 0 Å². The summed E-state index contributed by atoms with van der Waals surface area (Å²) in [6.07, 6.45) is 1.00. The van der Waals surface area contributed by atoms with E-state index in [1.807, 2.05) is 18.2 Å². The average molecular weight is 303 g/mol. The van der Waals surface area contributed by atoms with E-state index in [0.717, 1.165) is 25.2 Å². The maximum atomic E-state index is 12.2. The molecule has 21 heavy (non-hydrogen) atoms. The summed E-state index contributed by atoms with van der Waals surface area (Å²) < 4.78 is 0. The summed E-state index contributed by atoms with van der Waals surface area (Å²) in [5, 5.41) is 15.9. The van der Waals surface area contributed by atoms with Gasteiger partial charge in [0.1, 0.15) is 5.75 Å². The highest BCUT2D eigenvalue weighted by molar-refractivity contribution is 6.34. The lowest BCUT2D eigenvalue weighted by Gasteiger charge is -2.18. The van der Waals surface area contributed by atoms with E-state index in [1.54, 1.807) is 0 Å². The summed E-state index contributed by atoms with van der Waals surface area (Å²) in [5.74, 6) is -0.321. The quantitative estimate of drug-likeness (QED) is 0.799. The zero-order valence-corrected chi connectivity index (χ0v) is 12.1. The minimum absolute atomic E-state index is 0.0131. The second-order valence-corrected chi connectivity index (χ2v) is 5.44. The molecule has 0 atom stereocenters. The van der Waals surface area contributed by atoms with Crippen LogP contribution in [0.25, 0.3) is 0 Å². The molecular weight excluding hydrogens is 288 g/mol. The second-order valence-electron chi connectivity index (χ2n) is 5.03. The predicted molar refractivity (Wildman–Crippen MR) is 82.9 cm³/mol. The number of benzene rings is 2. The number of aromatic hydroxyl groups is 1. The molecule has 1 heterocycles. The van der Waals surface area contributed by atoms with Crippen molar-refractivity contribution >= 4 is 23.2 Å². The van der Waals surface area contributed by atoms with Gasteiger partial charge in [-0.1, -0.05) is 17.7 Å². The van der Waals surface area contributed by atoms with E-state index in [1.165, 1.54) is 29.3 Å². The number of halogens is 1. The van der Waals surface area contributed by atoms with Gasteiger partial charge in [-0.3, -0.25) is 4.79 Å². The Balaban J connectivity index is 1.83. The van der Waals surface area contributed by atoms with Crippen molar-refractivity contribution < 1.29 is 9.90 Å². The molecule has 4 nitrogen and oxygen atoms in total. The number of carbonyl (C=O) groups excluding carboxylic acids is 1. The molecule has 0 saturated heterocycles. The van der Waals surface area contributed by atoms with E-state index in [2.05, 4.69) is 10.6 Å². The highest BCUT2D eigenvalue weighted by Gasteiger charge is 2.13. The Bertz CT molecular complexity index is 701. The molecule has 1 aliphatic heterocycles. The van der Waals surface area contributed by atoms with Gasteiger partial charge >= 0.3 is 0 Å². The van der Waals surface area contributed by atoms with Crippen LogP contribution < -0.4 is 10.6 Å². The summed E-state index contributed by atoms with van der Waals surface area (Å²) in [5.41, 5.74) is 3.48. The first-order valence-corrected chi connectivity index (χ1v) is 7.13. The van der Waals surface area contributed by atoms with Crippen molar-refractivity contribution in [1.29, 1.82) is 0 Å². The first-order valence-electron chi connectivity index (χ1n) is 6.76. The zero-order valence-electron chi connectivity index (χ0n) is 11.3. The number of amides is 1. The smallest absolute Gasteiger partial charge is 0.257 e. The number of rotatable bonds is 2. The highest BCUT2D eigenvalue weighted by Crippen LogP contribution is 2.24. The van der Waals surface area contributed by atoms with E-state index in [9.17, 15) is 9.90 Å². The van der Waals surface area contributed by atoms with Crippen LogP contribution in [0.2, 0.25) is 5.02 Å². The Morgan fingerprint density at radius 3 is 2.90 bits per heavy atom. The second kappa shape index (κ2) is 5.76. The molecule has 3 N–H and O–H groups in total. The third-order valence-electron chi connectivity index (χ3n) is 3.55. The van der Waals surface area contributed by atoms with Gasteiger partial charge in [0.15, 0.2) is 0 Å². The average Bonchev–Trinajstić information content (AvgIpc) is 2.49. The van der Waals surface area contributed by atoms with E-state index in [4.69, 9.17) is 11.6 Å². The first kappa shape index (κ1) is 13.9. The summed E-state index contributed by atoms with van der Waals surface area (Å²) >= 11 is 5.99. The van der Waals surface area contributed by atoms with Crippen LogP contribution in [0.5, 0.6) is 5.75 Å². The molecule has 0 spiro atoms. The van der Waals surface area contributed by atoms with Gasteiger partial charge in [-0.25, -0.2) is 0 Å². The minimum atomic E-state index is -0.334. The lowest BCUT2D eigenvalue weighted by Crippen LogP contribution is -2.23. The molecule has 0 saturated carbocycles. The molecule has 0 aliphatic carbocycles. The van der Waals surface area contributed by atoms with Crippen LogP contribution in [0.4, 0.5) is 5.69 Å². The molecule has 108 valence electrons. The number of hydrogen-bond acceptors (Lipinski definition) is 3. The van der Waals surface area contributed by atoms with Crippen LogP contribution in [-0.2, 0) is 13.0 Å². The largest absolute Gasteiger partial charge is 0.508 e. The first-order chi connectivity index (χ1) is 10.1. The standard InChI is InChI=1S/C16H15ClN2O2/c17-15-4-3-13(20)8-14(15)16(21)19-12-2-1-10-5-6-18-9-11(10)7-12/h1-4,7-8,18,20H,5-6,9H2,(H,19,21). The molecule has 2 aromatic rings. The summed E-state index contributed by atoms with van der Waals surface area (Å²) in [6, 6.07) is 10.2. The number of anilines is 1. The SMILES string of the molecule is O=C(Nc1ccc2c(c1)CNCC2)c1cc(O)ccc1Cl. The van der Waals surface area contributed by atoms with E-state index >= 15 is 0 Å². The van der Waals surface area contributed by atoms with Crippen molar-refractivity contribution in [3.63, 3.8) is 0 Å². The number of hydrogen-bond donors (Lipinski definition) is 3. The summed E-state index contributed by atoms with van der Waals surface area (Å²) in [7, 11) is 0.